The van der Waals surface area contributed by atoms with Gasteiger partial charge in [0.05, 0.1) is 17.8 Å². The second-order valence-corrected chi connectivity index (χ2v) is 8.21. The number of likely N-dealkylation sites (tertiary alicyclic amines) is 3. The molecule has 3 aliphatic heterocycles. The molecule has 1 aromatic heterocycles. The maximum absolute atomic E-state index is 13.5. The number of aromatic nitrogens is 2. The fraction of sp³-hybridized carbons (Fsp3) is 0.737. The van der Waals surface area contributed by atoms with Gasteiger partial charge in [-0.3, -0.25) is 9.59 Å². The van der Waals surface area contributed by atoms with Crippen LogP contribution in [0, 0.1) is 5.41 Å². The lowest BCUT2D eigenvalue weighted by molar-refractivity contribution is -0.152. The number of aryl methyl sites for hydroxylation is 1. The van der Waals surface area contributed by atoms with Crippen LogP contribution in [0.25, 0.3) is 0 Å². The molecule has 0 unspecified atom stereocenters. The summed E-state index contributed by atoms with van der Waals surface area (Å²) >= 11 is 0. The number of nitrogens with zero attached hydrogens (tertiary/aromatic N) is 5. The monoisotopic (exact) mass is 359 g/mol. The minimum Gasteiger partial charge on any atom is -0.342 e. The van der Waals surface area contributed by atoms with Crippen molar-refractivity contribution in [3.63, 3.8) is 0 Å². The van der Waals surface area contributed by atoms with Crippen molar-refractivity contribution in [2.45, 2.75) is 38.1 Å². The Kier molecular flexibility index (Phi) is 4.50. The van der Waals surface area contributed by atoms with E-state index in [9.17, 15) is 9.59 Å². The first-order chi connectivity index (χ1) is 12.5. The van der Waals surface area contributed by atoms with Gasteiger partial charge in [-0.05, 0) is 45.7 Å². The van der Waals surface area contributed by atoms with E-state index in [-0.39, 0.29) is 17.9 Å². The molecule has 7 heteroatoms. The Labute approximate surface area is 154 Å². The maximum Gasteiger partial charge on any atom is 0.274 e. The van der Waals surface area contributed by atoms with Gasteiger partial charge in [0, 0.05) is 39.4 Å². The van der Waals surface area contributed by atoms with Crippen LogP contribution in [-0.4, -0.2) is 81.9 Å². The molecule has 0 spiro atoms. The second kappa shape index (κ2) is 6.68. The number of piperidine rings is 2. The normalized spacial score (nSPS) is 29.7. The zero-order valence-electron chi connectivity index (χ0n) is 15.9. The Morgan fingerprint density at radius 1 is 1.08 bits per heavy atom. The highest BCUT2D eigenvalue weighted by molar-refractivity contribution is 5.93. The van der Waals surface area contributed by atoms with E-state index in [4.69, 9.17) is 0 Å². The summed E-state index contributed by atoms with van der Waals surface area (Å²) in [5, 5.41) is 0. The zero-order chi connectivity index (χ0) is 18.3. The van der Waals surface area contributed by atoms with Crippen molar-refractivity contribution in [2.75, 3.05) is 39.8 Å². The molecular formula is C19H29N5O2. The first kappa shape index (κ1) is 17.5. The maximum atomic E-state index is 13.5. The first-order valence-electron chi connectivity index (χ1n) is 9.78. The SMILES string of the molecule is CN1CC[C@]2(C(=O)N3CCCC3)CCCN(C(=O)c3cn(C)cn3)[C@H]2C1. The smallest absolute Gasteiger partial charge is 0.274 e. The van der Waals surface area contributed by atoms with E-state index in [1.54, 1.807) is 17.1 Å². The molecule has 26 heavy (non-hydrogen) atoms. The molecule has 3 fully saturated rings. The number of carbonyl (C=O) groups excluding carboxylic acids is 2. The summed E-state index contributed by atoms with van der Waals surface area (Å²) in [5.41, 5.74) is 0.0599. The van der Waals surface area contributed by atoms with Crippen LogP contribution in [0.4, 0.5) is 0 Å². The number of amides is 2. The predicted octanol–water partition coefficient (Wildman–Crippen LogP) is 0.969. The van der Waals surface area contributed by atoms with Gasteiger partial charge in [-0.15, -0.1) is 0 Å². The van der Waals surface area contributed by atoms with Gasteiger partial charge in [0.25, 0.3) is 5.91 Å². The lowest BCUT2D eigenvalue weighted by Crippen LogP contribution is -2.66. The predicted molar refractivity (Wildman–Crippen MR) is 97.6 cm³/mol. The molecule has 4 heterocycles. The van der Waals surface area contributed by atoms with Crippen LogP contribution in [0.15, 0.2) is 12.5 Å². The van der Waals surface area contributed by atoms with Crippen LogP contribution in [0.1, 0.15) is 42.6 Å². The molecule has 2 atom stereocenters. The molecule has 3 saturated heterocycles. The minimum atomic E-state index is -0.417. The molecule has 0 radical (unpaired) electrons. The summed E-state index contributed by atoms with van der Waals surface area (Å²) in [6, 6.07) is -0.0578. The zero-order valence-corrected chi connectivity index (χ0v) is 15.9. The molecule has 4 rings (SSSR count). The van der Waals surface area contributed by atoms with Crippen molar-refractivity contribution >= 4 is 11.8 Å². The van der Waals surface area contributed by atoms with E-state index in [2.05, 4.69) is 16.9 Å². The van der Waals surface area contributed by atoms with Gasteiger partial charge in [0.15, 0.2) is 0 Å². The van der Waals surface area contributed by atoms with Crippen molar-refractivity contribution in [3.05, 3.63) is 18.2 Å². The molecule has 3 aliphatic rings. The summed E-state index contributed by atoms with van der Waals surface area (Å²) in [7, 11) is 3.96. The highest BCUT2D eigenvalue weighted by Gasteiger charge is 2.55. The lowest BCUT2D eigenvalue weighted by Gasteiger charge is -2.54. The van der Waals surface area contributed by atoms with E-state index in [1.807, 2.05) is 16.8 Å². The van der Waals surface area contributed by atoms with E-state index < -0.39 is 5.41 Å². The molecule has 0 bridgehead atoms. The fourth-order valence-corrected chi connectivity index (χ4v) is 5.03. The van der Waals surface area contributed by atoms with Crippen molar-refractivity contribution in [1.82, 2.24) is 24.3 Å². The molecule has 0 aliphatic carbocycles. The number of hydrogen-bond donors (Lipinski definition) is 0. The first-order valence-corrected chi connectivity index (χ1v) is 9.78. The molecular weight excluding hydrogens is 330 g/mol. The summed E-state index contributed by atoms with van der Waals surface area (Å²) in [5.74, 6) is 0.246. The van der Waals surface area contributed by atoms with E-state index in [0.717, 1.165) is 58.3 Å². The van der Waals surface area contributed by atoms with Gasteiger partial charge in [0.1, 0.15) is 5.69 Å². The van der Waals surface area contributed by atoms with Crippen LogP contribution in [-0.2, 0) is 11.8 Å². The number of imidazole rings is 1. The Morgan fingerprint density at radius 2 is 1.85 bits per heavy atom. The van der Waals surface area contributed by atoms with Gasteiger partial charge in [-0.2, -0.15) is 0 Å². The van der Waals surface area contributed by atoms with Crippen molar-refractivity contribution in [2.24, 2.45) is 12.5 Å². The number of rotatable bonds is 2. The Balaban J connectivity index is 1.66. The number of hydrogen-bond acceptors (Lipinski definition) is 4. The van der Waals surface area contributed by atoms with Gasteiger partial charge < -0.3 is 19.3 Å². The summed E-state index contributed by atoms with van der Waals surface area (Å²) in [6.07, 6.45) is 8.26. The summed E-state index contributed by atoms with van der Waals surface area (Å²) in [6.45, 7) is 4.14. The lowest BCUT2D eigenvalue weighted by atomic mass is 9.67. The average Bonchev–Trinajstić information content (AvgIpc) is 3.31. The summed E-state index contributed by atoms with van der Waals surface area (Å²) in [4.78, 5) is 37.2. The van der Waals surface area contributed by atoms with Gasteiger partial charge in [-0.25, -0.2) is 4.98 Å². The van der Waals surface area contributed by atoms with Crippen molar-refractivity contribution in [1.29, 1.82) is 0 Å². The van der Waals surface area contributed by atoms with E-state index >= 15 is 0 Å². The average molecular weight is 359 g/mol. The minimum absolute atomic E-state index is 0.0378. The van der Waals surface area contributed by atoms with Crippen molar-refractivity contribution in [3.8, 4) is 0 Å². The quantitative estimate of drug-likeness (QED) is 0.789. The Morgan fingerprint density at radius 3 is 2.54 bits per heavy atom. The number of carbonyl (C=O) groups is 2. The van der Waals surface area contributed by atoms with E-state index in [1.165, 1.54) is 0 Å². The second-order valence-electron chi connectivity index (χ2n) is 8.21. The largest absolute Gasteiger partial charge is 0.342 e. The topological polar surface area (TPSA) is 61.7 Å². The van der Waals surface area contributed by atoms with Crippen molar-refractivity contribution < 1.29 is 9.59 Å². The van der Waals surface area contributed by atoms with Crippen LogP contribution >= 0.6 is 0 Å². The van der Waals surface area contributed by atoms with Crippen LogP contribution < -0.4 is 0 Å². The summed E-state index contributed by atoms with van der Waals surface area (Å²) < 4.78 is 1.80. The highest BCUT2D eigenvalue weighted by Crippen LogP contribution is 2.44. The molecule has 0 N–H and O–H groups in total. The molecule has 0 aromatic carbocycles. The third-order valence-corrected chi connectivity index (χ3v) is 6.46. The number of likely N-dealkylation sites (N-methyl/N-ethyl adjacent to an activating group) is 1. The van der Waals surface area contributed by atoms with Crippen LogP contribution in [0.3, 0.4) is 0 Å². The highest BCUT2D eigenvalue weighted by atomic mass is 16.2. The third kappa shape index (κ3) is 2.82. The molecule has 7 nitrogen and oxygen atoms in total. The Bertz CT molecular complexity index is 696. The molecule has 1 aromatic rings. The standard InChI is InChI=1S/C19H29N5O2/c1-21-11-7-19(18(26)23-8-3-4-9-23)6-5-10-24(16(19)13-21)17(25)15-12-22(2)14-20-15/h12,14,16H,3-11,13H2,1-2H3/t16-,19+/m0/s1. The molecule has 0 saturated carbocycles. The fourth-order valence-electron chi connectivity index (χ4n) is 5.03. The third-order valence-electron chi connectivity index (χ3n) is 6.46. The van der Waals surface area contributed by atoms with Crippen LogP contribution in [0.5, 0.6) is 0 Å². The number of fused-ring (bicyclic) bond motifs is 1. The Hall–Kier alpha value is -1.89. The molecule has 2 amide bonds. The van der Waals surface area contributed by atoms with Gasteiger partial charge >= 0.3 is 0 Å². The van der Waals surface area contributed by atoms with E-state index in [0.29, 0.717) is 12.2 Å². The molecule has 142 valence electrons. The van der Waals surface area contributed by atoms with Crippen LogP contribution in [0.2, 0.25) is 0 Å². The van der Waals surface area contributed by atoms with Gasteiger partial charge in [0.2, 0.25) is 5.91 Å². The van der Waals surface area contributed by atoms with Gasteiger partial charge in [-0.1, -0.05) is 0 Å².